The van der Waals surface area contributed by atoms with Crippen molar-refractivity contribution in [2.75, 3.05) is 13.2 Å². The van der Waals surface area contributed by atoms with Crippen molar-refractivity contribution < 1.29 is 9.52 Å². The Labute approximate surface area is 118 Å². The summed E-state index contributed by atoms with van der Waals surface area (Å²) in [5, 5.41) is 12.6. The molecule has 1 saturated carbocycles. The number of nitrogens with one attached hydrogen (secondary N) is 1. The molecule has 5 heteroatoms. The normalized spacial score (nSPS) is 24.4. The van der Waals surface area contributed by atoms with Gasteiger partial charge in [-0.25, -0.2) is 0 Å². The Bertz CT molecular complexity index is 348. The fourth-order valence-corrected chi connectivity index (χ4v) is 3.14. The first kappa shape index (κ1) is 13.6. The molecule has 1 aromatic rings. The minimum Gasteiger partial charge on any atom is -0.452 e. The van der Waals surface area contributed by atoms with E-state index in [0.717, 1.165) is 28.0 Å². The van der Waals surface area contributed by atoms with Crippen LogP contribution >= 0.6 is 31.9 Å². The minimum atomic E-state index is 0.324. The highest BCUT2D eigenvalue weighted by Gasteiger charge is 2.25. The van der Waals surface area contributed by atoms with E-state index >= 15 is 0 Å². The van der Waals surface area contributed by atoms with E-state index in [1.54, 1.807) is 0 Å². The molecule has 2 rings (SSSR count). The molecule has 1 fully saturated rings. The third kappa shape index (κ3) is 3.56. The summed E-state index contributed by atoms with van der Waals surface area (Å²) >= 11 is 6.71. The van der Waals surface area contributed by atoms with E-state index in [-0.39, 0.29) is 0 Å². The molecular formula is C12H17Br2NO2. The average Bonchev–Trinajstić information content (AvgIpc) is 2.87. The van der Waals surface area contributed by atoms with Crippen LogP contribution in [0.3, 0.4) is 0 Å². The maximum atomic E-state index is 9.23. The van der Waals surface area contributed by atoms with Crippen molar-refractivity contribution in [1.29, 1.82) is 0 Å². The molecule has 0 bridgehead atoms. The lowest BCUT2D eigenvalue weighted by molar-refractivity contribution is 0.192. The van der Waals surface area contributed by atoms with E-state index < -0.39 is 0 Å². The van der Waals surface area contributed by atoms with Crippen molar-refractivity contribution in [1.82, 2.24) is 5.32 Å². The molecule has 1 heterocycles. The van der Waals surface area contributed by atoms with Crippen LogP contribution in [0, 0.1) is 11.8 Å². The Balaban J connectivity index is 1.75. The van der Waals surface area contributed by atoms with Crippen molar-refractivity contribution in [3.05, 3.63) is 21.0 Å². The fraction of sp³-hybridized carbons (Fsp3) is 0.667. The van der Waals surface area contributed by atoms with Crippen LogP contribution in [0.5, 0.6) is 0 Å². The van der Waals surface area contributed by atoms with Gasteiger partial charge in [0.1, 0.15) is 5.76 Å². The van der Waals surface area contributed by atoms with Crippen LogP contribution in [-0.2, 0) is 6.54 Å². The van der Waals surface area contributed by atoms with Crippen LogP contribution in [-0.4, -0.2) is 18.3 Å². The van der Waals surface area contributed by atoms with Crippen LogP contribution in [0.4, 0.5) is 0 Å². The number of rotatable bonds is 5. The summed E-state index contributed by atoms with van der Waals surface area (Å²) in [4.78, 5) is 0. The van der Waals surface area contributed by atoms with E-state index in [1.165, 1.54) is 19.3 Å². The molecule has 96 valence electrons. The average molecular weight is 367 g/mol. The van der Waals surface area contributed by atoms with Gasteiger partial charge in [-0.15, -0.1) is 0 Å². The van der Waals surface area contributed by atoms with Gasteiger partial charge < -0.3 is 14.8 Å². The molecule has 0 radical (unpaired) electrons. The van der Waals surface area contributed by atoms with Gasteiger partial charge in [0.05, 0.1) is 11.0 Å². The molecule has 2 atom stereocenters. The van der Waals surface area contributed by atoms with E-state index in [0.29, 0.717) is 18.4 Å². The fourth-order valence-electron chi connectivity index (χ4n) is 2.48. The zero-order valence-corrected chi connectivity index (χ0v) is 12.8. The van der Waals surface area contributed by atoms with E-state index in [2.05, 4.69) is 37.2 Å². The van der Waals surface area contributed by atoms with Crippen LogP contribution in [0.15, 0.2) is 19.6 Å². The molecule has 0 saturated heterocycles. The van der Waals surface area contributed by atoms with Gasteiger partial charge in [0.25, 0.3) is 0 Å². The quantitative estimate of drug-likeness (QED) is 0.840. The van der Waals surface area contributed by atoms with Crippen molar-refractivity contribution in [3.8, 4) is 0 Å². The third-order valence-corrected chi connectivity index (χ3v) is 5.16. The lowest BCUT2D eigenvalue weighted by Gasteiger charge is -2.17. The van der Waals surface area contributed by atoms with Crippen molar-refractivity contribution in [2.24, 2.45) is 11.8 Å². The highest BCUT2D eigenvalue weighted by molar-refractivity contribution is 9.13. The van der Waals surface area contributed by atoms with Gasteiger partial charge in [-0.3, -0.25) is 0 Å². The summed E-state index contributed by atoms with van der Waals surface area (Å²) in [6.45, 7) is 2.02. The van der Waals surface area contributed by atoms with Crippen LogP contribution in [0.1, 0.15) is 25.0 Å². The molecule has 0 aliphatic heterocycles. The second kappa shape index (κ2) is 6.36. The smallest absolute Gasteiger partial charge is 0.183 e. The zero-order chi connectivity index (χ0) is 12.3. The molecule has 1 aliphatic carbocycles. The van der Waals surface area contributed by atoms with Crippen LogP contribution < -0.4 is 5.32 Å². The second-order valence-corrected chi connectivity index (χ2v) is 6.17. The third-order valence-electron chi connectivity index (χ3n) is 3.45. The first-order chi connectivity index (χ1) is 8.20. The number of hydrogen-bond donors (Lipinski definition) is 2. The van der Waals surface area contributed by atoms with Gasteiger partial charge in [-0.2, -0.15) is 0 Å². The van der Waals surface area contributed by atoms with Gasteiger partial charge in [0.2, 0.25) is 0 Å². The number of halogens is 2. The molecule has 1 aliphatic rings. The van der Waals surface area contributed by atoms with Gasteiger partial charge in [0.15, 0.2) is 4.67 Å². The number of hydrogen-bond acceptors (Lipinski definition) is 3. The summed E-state index contributed by atoms with van der Waals surface area (Å²) in [5.74, 6) is 2.02. The number of furan rings is 1. The number of aliphatic hydroxyl groups excluding tert-OH is 1. The van der Waals surface area contributed by atoms with Crippen LogP contribution in [0.25, 0.3) is 0 Å². The van der Waals surface area contributed by atoms with Gasteiger partial charge >= 0.3 is 0 Å². The zero-order valence-electron chi connectivity index (χ0n) is 9.59. The van der Waals surface area contributed by atoms with Gasteiger partial charge in [-0.1, -0.05) is 6.42 Å². The summed E-state index contributed by atoms with van der Waals surface area (Å²) in [6.07, 6.45) is 3.64. The monoisotopic (exact) mass is 365 g/mol. The molecule has 2 N–H and O–H groups in total. The maximum absolute atomic E-state index is 9.23. The second-order valence-electron chi connectivity index (χ2n) is 4.60. The first-order valence-electron chi connectivity index (χ1n) is 5.96. The SMILES string of the molecule is OCC1CCCC1CNCc1cc(Br)c(Br)o1. The lowest BCUT2D eigenvalue weighted by atomic mass is 9.97. The Hall–Kier alpha value is 0.160. The van der Waals surface area contributed by atoms with E-state index in [9.17, 15) is 5.11 Å². The molecule has 1 aromatic heterocycles. The summed E-state index contributed by atoms with van der Waals surface area (Å²) in [7, 11) is 0. The molecule has 17 heavy (non-hydrogen) atoms. The molecule has 0 aromatic carbocycles. The number of aliphatic hydroxyl groups is 1. The summed E-state index contributed by atoms with van der Waals surface area (Å²) in [5.41, 5.74) is 0. The highest BCUT2D eigenvalue weighted by atomic mass is 79.9. The minimum absolute atomic E-state index is 0.324. The first-order valence-corrected chi connectivity index (χ1v) is 7.54. The molecular weight excluding hydrogens is 350 g/mol. The van der Waals surface area contributed by atoms with E-state index in [4.69, 9.17) is 4.42 Å². The standard InChI is InChI=1S/C12H17Br2NO2/c13-11-4-10(17-12(11)14)6-15-5-8-2-1-3-9(8)7-16/h4,8-9,15-16H,1-3,5-7H2. The maximum Gasteiger partial charge on any atom is 0.183 e. The van der Waals surface area contributed by atoms with Gasteiger partial charge in [0, 0.05) is 6.61 Å². The van der Waals surface area contributed by atoms with Crippen molar-refractivity contribution in [2.45, 2.75) is 25.8 Å². The Morgan fingerprint density at radius 3 is 2.76 bits per heavy atom. The predicted octanol–water partition coefficient (Wildman–Crippen LogP) is 3.30. The largest absolute Gasteiger partial charge is 0.452 e. The molecule has 3 nitrogen and oxygen atoms in total. The molecule has 2 unspecified atom stereocenters. The lowest BCUT2D eigenvalue weighted by Crippen LogP contribution is -2.26. The van der Waals surface area contributed by atoms with E-state index in [1.807, 2.05) is 6.07 Å². The Morgan fingerprint density at radius 1 is 1.35 bits per heavy atom. The molecule has 0 amide bonds. The summed E-state index contributed by atoms with van der Waals surface area (Å²) < 4.78 is 7.18. The highest BCUT2D eigenvalue weighted by Crippen LogP contribution is 2.31. The van der Waals surface area contributed by atoms with Crippen molar-refractivity contribution >= 4 is 31.9 Å². The topological polar surface area (TPSA) is 45.4 Å². The van der Waals surface area contributed by atoms with Crippen molar-refractivity contribution in [3.63, 3.8) is 0 Å². The molecule has 0 spiro atoms. The Morgan fingerprint density at radius 2 is 2.12 bits per heavy atom. The Kier molecular flexibility index (Phi) is 5.09. The summed E-state index contributed by atoms with van der Waals surface area (Å²) in [6, 6.07) is 1.97. The van der Waals surface area contributed by atoms with Gasteiger partial charge in [-0.05, 0) is 69.1 Å². The predicted molar refractivity (Wildman–Crippen MR) is 73.7 cm³/mol. The van der Waals surface area contributed by atoms with Crippen LogP contribution in [0.2, 0.25) is 0 Å².